The summed E-state index contributed by atoms with van der Waals surface area (Å²) in [4.78, 5) is 16.1. The summed E-state index contributed by atoms with van der Waals surface area (Å²) < 4.78 is 18.0. The number of alkyl halides is 1. The summed E-state index contributed by atoms with van der Waals surface area (Å²) in [5.74, 6) is -0.674. The van der Waals surface area contributed by atoms with Gasteiger partial charge in [0.2, 0.25) is 5.91 Å². The van der Waals surface area contributed by atoms with E-state index in [2.05, 4.69) is 27.2 Å². The van der Waals surface area contributed by atoms with Crippen LogP contribution in [0.1, 0.15) is 71.1 Å². The molecule has 4 fully saturated rings. The predicted octanol–water partition coefficient (Wildman–Crippen LogP) is 1.82. The topological polar surface area (TPSA) is 108 Å². The van der Waals surface area contributed by atoms with Gasteiger partial charge in [-0.3, -0.25) is 14.4 Å². The lowest BCUT2D eigenvalue weighted by atomic mass is 9.65. The number of likely N-dealkylation sites (tertiary alicyclic amines) is 1. The molecule has 9 heteroatoms. The molecule has 3 heterocycles. The second-order valence-corrected chi connectivity index (χ2v) is 11.7. The summed E-state index contributed by atoms with van der Waals surface area (Å²) in [6, 6.07) is 0.352. The van der Waals surface area contributed by atoms with Crippen molar-refractivity contribution in [1.82, 2.24) is 20.3 Å². The lowest BCUT2D eigenvalue weighted by Crippen LogP contribution is -2.60. The molecule has 0 radical (unpaired) electrons. The van der Waals surface area contributed by atoms with Crippen molar-refractivity contribution in [2.24, 2.45) is 22.8 Å². The van der Waals surface area contributed by atoms with Crippen LogP contribution in [0.4, 0.5) is 4.39 Å². The first-order chi connectivity index (χ1) is 15.4. The van der Waals surface area contributed by atoms with Crippen molar-refractivity contribution in [3.8, 4) is 0 Å². The molecule has 7 N–H and O–H groups in total. The van der Waals surface area contributed by atoms with Gasteiger partial charge in [-0.2, -0.15) is 0 Å². The Hall–Kier alpha value is -0.450. The first-order valence-electron chi connectivity index (χ1n) is 12.7. The van der Waals surface area contributed by atoms with Gasteiger partial charge in [-0.15, -0.1) is 0 Å². The largest absolute Gasteiger partial charge is 0.341 e. The first-order valence-corrected chi connectivity index (χ1v) is 13.6. The fourth-order valence-electron chi connectivity index (χ4n) is 6.60. The Labute approximate surface area is 196 Å². The molecule has 1 saturated carbocycles. The molecule has 0 bridgehead atoms. The number of nitrogens with zero attached hydrogens (tertiary/aromatic N) is 1. The number of carbonyl (C=O) groups is 1. The molecule has 1 amide bonds. The second kappa shape index (κ2) is 10.9. The summed E-state index contributed by atoms with van der Waals surface area (Å²) >= 11 is 1.59. The number of rotatable bonds is 5. The highest BCUT2D eigenvalue weighted by atomic mass is 32.2. The second-order valence-electron chi connectivity index (χ2n) is 10.7. The van der Waals surface area contributed by atoms with E-state index < -0.39 is 18.3 Å². The van der Waals surface area contributed by atoms with Gasteiger partial charge in [-0.05, 0) is 70.4 Å². The molecule has 4 aliphatic rings. The standard InChI is InChI=1S/C23H43FN6OS/c1-15-19(30-11-5-6-12-30)22(32-29-15)28-21(31)18(20(25)26)17-13-23(8-3-2-4-9-23)10-7-16(24)14-27-17/h15-20,22,27,29H,2-14,25-26H2,1H3,(H,28,31). The minimum Gasteiger partial charge on any atom is -0.341 e. The SMILES string of the molecule is CC1NSC(NC(=O)C(C(N)N)C2CC3(CCCCC3)CCC(F)CN2)C1N1CCCC1. The molecule has 0 aromatic heterocycles. The van der Waals surface area contributed by atoms with E-state index in [-0.39, 0.29) is 35.3 Å². The number of halogens is 1. The van der Waals surface area contributed by atoms with Gasteiger partial charge in [0.1, 0.15) is 11.5 Å². The Bertz CT molecular complexity index is 628. The first kappa shape index (κ1) is 24.7. The third-order valence-corrected chi connectivity index (χ3v) is 9.52. The zero-order valence-corrected chi connectivity index (χ0v) is 20.3. The summed E-state index contributed by atoms with van der Waals surface area (Å²) in [6.45, 7) is 4.60. The smallest absolute Gasteiger partial charge is 0.228 e. The van der Waals surface area contributed by atoms with Crippen molar-refractivity contribution in [2.75, 3.05) is 19.6 Å². The van der Waals surface area contributed by atoms with Crippen LogP contribution in [0.2, 0.25) is 0 Å². The Morgan fingerprint density at radius 1 is 1.16 bits per heavy atom. The number of hydrogen-bond donors (Lipinski definition) is 5. The van der Waals surface area contributed by atoms with E-state index in [9.17, 15) is 9.18 Å². The normalized spacial score (nSPS) is 37.3. The summed E-state index contributed by atoms with van der Waals surface area (Å²) in [5.41, 5.74) is 12.5. The zero-order valence-electron chi connectivity index (χ0n) is 19.5. The van der Waals surface area contributed by atoms with Crippen molar-refractivity contribution < 1.29 is 9.18 Å². The van der Waals surface area contributed by atoms with Crippen LogP contribution < -0.4 is 26.8 Å². The van der Waals surface area contributed by atoms with Crippen molar-refractivity contribution in [3.05, 3.63) is 0 Å². The van der Waals surface area contributed by atoms with E-state index in [0.29, 0.717) is 12.5 Å². The zero-order chi connectivity index (χ0) is 22.7. The molecule has 0 aromatic rings. The Morgan fingerprint density at radius 2 is 1.88 bits per heavy atom. The highest BCUT2D eigenvalue weighted by Crippen LogP contribution is 2.46. The molecule has 4 rings (SSSR count). The number of nitrogens with two attached hydrogens (primary N) is 2. The molecule has 3 aliphatic heterocycles. The highest BCUT2D eigenvalue weighted by Gasteiger charge is 2.45. The van der Waals surface area contributed by atoms with Crippen LogP contribution in [0.15, 0.2) is 0 Å². The third-order valence-electron chi connectivity index (χ3n) is 8.36. The van der Waals surface area contributed by atoms with E-state index in [4.69, 9.17) is 11.5 Å². The number of nitrogens with one attached hydrogen (secondary N) is 3. The maximum absolute atomic E-state index is 14.6. The Morgan fingerprint density at radius 3 is 2.56 bits per heavy atom. The minimum absolute atomic E-state index is 0.0389. The number of hydrogen-bond acceptors (Lipinski definition) is 7. The van der Waals surface area contributed by atoms with E-state index in [0.717, 1.165) is 38.8 Å². The lowest BCUT2D eigenvalue weighted by molar-refractivity contribution is -0.127. The van der Waals surface area contributed by atoms with E-state index in [1.54, 1.807) is 11.9 Å². The van der Waals surface area contributed by atoms with Crippen LogP contribution in [-0.2, 0) is 4.79 Å². The van der Waals surface area contributed by atoms with Crippen LogP contribution in [0.25, 0.3) is 0 Å². The van der Waals surface area contributed by atoms with Crippen molar-refractivity contribution in [3.63, 3.8) is 0 Å². The quantitative estimate of drug-likeness (QED) is 0.308. The van der Waals surface area contributed by atoms with E-state index in [1.165, 1.54) is 32.1 Å². The highest BCUT2D eigenvalue weighted by molar-refractivity contribution is 7.98. The van der Waals surface area contributed by atoms with Gasteiger partial charge in [0.05, 0.1) is 18.1 Å². The van der Waals surface area contributed by atoms with Crippen molar-refractivity contribution in [1.29, 1.82) is 0 Å². The van der Waals surface area contributed by atoms with Gasteiger partial charge >= 0.3 is 0 Å². The molecule has 32 heavy (non-hydrogen) atoms. The van der Waals surface area contributed by atoms with Gasteiger partial charge in [0.25, 0.3) is 0 Å². The van der Waals surface area contributed by atoms with E-state index in [1.807, 2.05) is 0 Å². The molecule has 7 nitrogen and oxygen atoms in total. The fourth-order valence-corrected chi connectivity index (χ4v) is 7.82. The Balaban J connectivity index is 1.48. The summed E-state index contributed by atoms with van der Waals surface area (Å²) in [5, 5.41) is 6.62. The van der Waals surface area contributed by atoms with E-state index >= 15 is 0 Å². The van der Waals surface area contributed by atoms with Gasteiger partial charge < -0.3 is 22.1 Å². The van der Waals surface area contributed by atoms with Crippen molar-refractivity contribution in [2.45, 2.75) is 107 Å². The molecular weight excluding hydrogens is 427 g/mol. The number of carbonyl (C=O) groups excluding carboxylic acids is 1. The molecule has 1 aliphatic carbocycles. The lowest BCUT2D eigenvalue weighted by Gasteiger charge is -2.44. The molecule has 1 spiro atoms. The van der Waals surface area contributed by atoms with Crippen LogP contribution >= 0.6 is 11.9 Å². The van der Waals surface area contributed by atoms with Crippen LogP contribution in [0, 0.1) is 11.3 Å². The summed E-state index contributed by atoms with van der Waals surface area (Å²) in [7, 11) is 0. The average molecular weight is 471 g/mol. The molecule has 184 valence electrons. The Kier molecular flexibility index (Phi) is 8.38. The minimum atomic E-state index is -0.885. The number of amides is 1. The molecular formula is C23H43FN6OS. The van der Waals surface area contributed by atoms with Gasteiger partial charge in [0, 0.05) is 18.6 Å². The maximum atomic E-state index is 14.6. The van der Waals surface area contributed by atoms with Gasteiger partial charge in [0.15, 0.2) is 0 Å². The van der Waals surface area contributed by atoms with Crippen molar-refractivity contribution >= 4 is 17.9 Å². The van der Waals surface area contributed by atoms with Crippen LogP contribution in [-0.4, -0.2) is 66.3 Å². The fraction of sp³-hybridized carbons (Fsp3) is 0.957. The molecule has 3 saturated heterocycles. The predicted molar refractivity (Wildman–Crippen MR) is 128 cm³/mol. The summed E-state index contributed by atoms with van der Waals surface area (Å²) in [6.07, 6.45) is 8.97. The molecule has 0 aromatic carbocycles. The molecule has 6 atom stereocenters. The maximum Gasteiger partial charge on any atom is 0.228 e. The van der Waals surface area contributed by atoms with Gasteiger partial charge in [-0.1, -0.05) is 31.2 Å². The molecule has 6 unspecified atom stereocenters. The average Bonchev–Trinajstić information content (AvgIpc) is 3.40. The van der Waals surface area contributed by atoms with Crippen LogP contribution in [0.3, 0.4) is 0 Å². The monoisotopic (exact) mass is 470 g/mol. The van der Waals surface area contributed by atoms with Crippen LogP contribution in [0.5, 0.6) is 0 Å². The third kappa shape index (κ3) is 5.61. The van der Waals surface area contributed by atoms with Gasteiger partial charge in [-0.25, -0.2) is 4.39 Å².